The summed E-state index contributed by atoms with van der Waals surface area (Å²) in [5.74, 6) is 1.29. The molecule has 0 aromatic heterocycles. The van der Waals surface area contributed by atoms with Crippen LogP contribution in [-0.4, -0.2) is 17.8 Å². The van der Waals surface area contributed by atoms with E-state index in [0.717, 1.165) is 40.3 Å². The highest BCUT2D eigenvalue weighted by atomic mass is 35.5. The highest BCUT2D eigenvalue weighted by Crippen LogP contribution is 2.48. The van der Waals surface area contributed by atoms with Gasteiger partial charge < -0.3 is 9.47 Å². The standard InChI is InChI=1S/C23H18ClFN2O2/c1-28-18-9-4-14(5-10-18)20-13-21-19-12-16(24)6-11-22(19)29-23(27(21)26-20)15-2-7-17(25)8-3-15/h2-12,21,23H,13H2,1H3/t21-,23-/m1/s1. The van der Waals surface area contributed by atoms with Gasteiger partial charge in [-0.25, -0.2) is 9.40 Å². The normalized spacial score (nSPS) is 19.8. The first-order valence-corrected chi connectivity index (χ1v) is 9.72. The Morgan fingerprint density at radius 1 is 1.07 bits per heavy atom. The SMILES string of the molecule is COc1ccc(C2=NN3[C@H](C2)c2cc(Cl)ccc2O[C@@H]3c2ccc(F)cc2)cc1. The van der Waals surface area contributed by atoms with Gasteiger partial charge in [0.1, 0.15) is 17.3 Å². The summed E-state index contributed by atoms with van der Waals surface area (Å²) in [6.45, 7) is 0. The summed E-state index contributed by atoms with van der Waals surface area (Å²) in [5.41, 5.74) is 3.84. The van der Waals surface area contributed by atoms with Crippen LogP contribution in [0.1, 0.15) is 35.4 Å². The molecule has 0 bridgehead atoms. The molecule has 2 aliphatic heterocycles. The van der Waals surface area contributed by atoms with E-state index in [0.29, 0.717) is 5.02 Å². The highest BCUT2D eigenvalue weighted by molar-refractivity contribution is 6.30. The number of hydrogen-bond donors (Lipinski definition) is 0. The van der Waals surface area contributed by atoms with Crippen LogP contribution in [0.4, 0.5) is 4.39 Å². The number of ether oxygens (including phenoxy) is 2. The summed E-state index contributed by atoms with van der Waals surface area (Å²) in [5, 5.41) is 7.50. The van der Waals surface area contributed by atoms with Crippen LogP contribution in [0.5, 0.6) is 11.5 Å². The van der Waals surface area contributed by atoms with Crippen LogP contribution in [0.15, 0.2) is 71.8 Å². The van der Waals surface area contributed by atoms with Crippen LogP contribution in [-0.2, 0) is 0 Å². The van der Waals surface area contributed by atoms with Crippen LogP contribution < -0.4 is 9.47 Å². The fourth-order valence-electron chi connectivity index (χ4n) is 3.86. The molecule has 146 valence electrons. The fraction of sp³-hybridized carbons (Fsp3) is 0.174. The Hall–Kier alpha value is -3.05. The molecular weight excluding hydrogens is 391 g/mol. The third-order valence-corrected chi connectivity index (χ3v) is 5.57. The molecule has 0 saturated carbocycles. The van der Waals surface area contributed by atoms with Gasteiger partial charge in [0.25, 0.3) is 0 Å². The lowest BCUT2D eigenvalue weighted by atomic mass is 9.96. The summed E-state index contributed by atoms with van der Waals surface area (Å²) >= 11 is 6.26. The molecule has 2 aliphatic rings. The van der Waals surface area contributed by atoms with Crippen molar-refractivity contribution in [2.45, 2.75) is 18.7 Å². The van der Waals surface area contributed by atoms with Gasteiger partial charge in [0.2, 0.25) is 6.23 Å². The summed E-state index contributed by atoms with van der Waals surface area (Å²) < 4.78 is 25.0. The molecule has 5 rings (SSSR count). The Labute approximate surface area is 173 Å². The van der Waals surface area contributed by atoms with Gasteiger partial charge in [-0.1, -0.05) is 23.7 Å². The van der Waals surface area contributed by atoms with Crippen LogP contribution in [0.3, 0.4) is 0 Å². The zero-order chi connectivity index (χ0) is 20.0. The van der Waals surface area contributed by atoms with Gasteiger partial charge in [0, 0.05) is 22.6 Å². The maximum absolute atomic E-state index is 13.4. The van der Waals surface area contributed by atoms with Crippen molar-refractivity contribution >= 4 is 17.3 Å². The van der Waals surface area contributed by atoms with E-state index in [-0.39, 0.29) is 11.9 Å². The van der Waals surface area contributed by atoms with Gasteiger partial charge in [0.15, 0.2) is 0 Å². The van der Waals surface area contributed by atoms with Gasteiger partial charge in [-0.15, -0.1) is 0 Å². The minimum Gasteiger partial charge on any atom is -0.497 e. The van der Waals surface area contributed by atoms with E-state index >= 15 is 0 Å². The van der Waals surface area contributed by atoms with Crippen molar-refractivity contribution in [1.82, 2.24) is 5.01 Å². The lowest BCUT2D eigenvalue weighted by Gasteiger charge is -2.38. The molecule has 0 saturated heterocycles. The Bertz CT molecular complexity index is 1080. The van der Waals surface area contributed by atoms with E-state index in [1.807, 2.05) is 47.5 Å². The average Bonchev–Trinajstić information content (AvgIpc) is 3.20. The Balaban J connectivity index is 1.57. The number of halogens is 2. The fourth-order valence-corrected chi connectivity index (χ4v) is 4.04. The molecule has 6 heteroatoms. The molecule has 3 aromatic carbocycles. The zero-order valence-corrected chi connectivity index (χ0v) is 16.4. The maximum atomic E-state index is 13.4. The summed E-state index contributed by atoms with van der Waals surface area (Å²) in [6, 6.07) is 19.8. The van der Waals surface area contributed by atoms with E-state index < -0.39 is 6.23 Å². The van der Waals surface area contributed by atoms with Gasteiger partial charge >= 0.3 is 0 Å². The van der Waals surface area contributed by atoms with Crippen molar-refractivity contribution in [3.8, 4) is 11.5 Å². The number of hydrogen-bond acceptors (Lipinski definition) is 4. The quantitative estimate of drug-likeness (QED) is 0.555. The number of hydrazone groups is 1. The average molecular weight is 409 g/mol. The zero-order valence-electron chi connectivity index (χ0n) is 15.7. The van der Waals surface area contributed by atoms with Crippen LogP contribution in [0.2, 0.25) is 5.02 Å². The van der Waals surface area contributed by atoms with Gasteiger partial charge in [0.05, 0.1) is 18.9 Å². The van der Waals surface area contributed by atoms with Crippen molar-refractivity contribution in [1.29, 1.82) is 0 Å². The molecule has 29 heavy (non-hydrogen) atoms. The number of benzene rings is 3. The summed E-state index contributed by atoms with van der Waals surface area (Å²) in [7, 11) is 1.65. The lowest BCUT2D eigenvalue weighted by molar-refractivity contribution is -0.0190. The van der Waals surface area contributed by atoms with Gasteiger partial charge in [-0.05, 0) is 60.2 Å². The molecule has 0 radical (unpaired) electrons. The lowest BCUT2D eigenvalue weighted by Crippen LogP contribution is -2.33. The Morgan fingerprint density at radius 2 is 1.83 bits per heavy atom. The molecule has 0 aliphatic carbocycles. The second-order valence-electron chi connectivity index (χ2n) is 7.08. The smallest absolute Gasteiger partial charge is 0.213 e. The number of nitrogens with zero attached hydrogens (tertiary/aromatic N) is 2. The second-order valence-corrected chi connectivity index (χ2v) is 7.52. The first kappa shape index (κ1) is 18.0. The summed E-state index contributed by atoms with van der Waals surface area (Å²) in [6.07, 6.45) is 0.283. The van der Waals surface area contributed by atoms with E-state index in [4.69, 9.17) is 26.2 Å². The number of fused-ring (bicyclic) bond motifs is 3. The molecule has 0 fully saturated rings. The Morgan fingerprint density at radius 3 is 2.55 bits per heavy atom. The van der Waals surface area contributed by atoms with E-state index in [9.17, 15) is 4.39 Å². The van der Waals surface area contributed by atoms with Crippen molar-refractivity contribution in [3.63, 3.8) is 0 Å². The van der Waals surface area contributed by atoms with Crippen molar-refractivity contribution in [3.05, 3.63) is 94.3 Å². The van der Waals surface area contributed by atoms with Crippen molar-refractivity contribution in [2.24, 2.45) is 5.10 Å². The van der Waals surface area contributed by atoms with E-state index in [1.165, 1.54) is 12.1 Å². The van der Waals surface area contributed by atoms with E-state index in [1.54, 1.807) is 19.2 Å². The second kappa shape index (κ2) is 7.08. The predicted molar refractivity (Wildman–Crippen MR) is 110 cm³/mol. The van der Waals surface area contributed by atoms with Crippen LogP contribution in [0.25, 0.3) is 0 Å². The minimum atomic E-state index is -0.440. The minimum absolute atomic E-state index is 0.00963. The molecule has 0 unspecified atom stereocenters. The first-order valence-electron chi connectivity index (χ1n) is 9.34. The molecule has 0 spiro atoms. The highest BCUT2D eigenvalue weighted by Gasteiger charge is 2.41. The van der Waals surface area contributed by atoms with E-state index in [2.05, 4.69) is 0 Å². The number of methoxy groups -OCH3 is 1. The Kier molecular flexibility index (Phi) is 4.40. The van der Waals surface area contributed by atoms with Crippen LogP contribution >= 0.6 is 11.6 Å². The van der Waals surface area contributed by atoms with Crippen molar-refractivity contribution < 1.29 is 13.9 Å². The molecule has 0 amide bonds. The maximum Gasteiger partial charge on any atom is 0.213 e. The number of rotatable bonds is 3. The largest absolute Gasteiger partial charge is 0.497 e. The molecule has 4 nitrogen and oxygen atoms in total. The summed E-state index contributed by atoms with van der Waals surface area (Å²) in [4.78, 5) is 0. The molecule has 3 aromatic rings. The molecule has 2 heterocycles. The monoisotopic (exact) mass is 408 g/mol. The first-order chi connectivity index (χ1) is 14.1. The molecule has 0 N–H and O–H groups in total. The molecule has 2 atom stereocenters. The third-order valence-electron chi connectivity index (χ3n) is 5.33. The topological polar surface area (TPSA) is 34.1 Å². The molecular formula is C23H18ClFN2O2. The van der Waals surface area contributed by atoms with Crippen LogP contribution in [0, 0.1) is 5.82 Å². The van der Waals surface area contributed by atoms with Gasteiger partial charge in [-0.2, -0.15) is 5.10 Å². The van der Waals surface area contributed by atoms with Crippen molar-refractivity contribution in [2.75, 3.05) is 7.11 Å². The van der Waals surface area contributed by atoms with Gasteiger partial charge in [-0.3, -0.25) is 0 Å². The predicted octanol–water partition coefficient (Wildman–Crippen LogP) is 5.73. The third kappa shape index (κ3) is 3.21.